The van der Waals surface area contributed by atoms with E-state index in [0.717, 1.165) is 25.2 Å². The largest absolute Gasteiger partial charge is 0.468 e. The van der Waals surface area contributed by atoms with E-state index in [1.54, 1.807) is 47.7 Å². The number of carbonyl (C=O) groups is 1. The van der Waals surface area contributed by atoms with E-state index in [-0.39, 0.29) is 11.6 Å². The number of carbonyl (C=O) groups excluding carboxylic acids is 1. The molecule has 10 nitrogen and oxygen atoms in total. The molecule has 37 heavy (non-hydrogen) atoms. The average Bonchev–Trinajstić information content (AvgIpc) is 3.20. The second-order valence-corrected chi connectivity index (χ2v) is 10.0. The van der Waals surface area contributed by atoms with E-state index < -0.39 is 11.4 Å². The van der Waals surface area contributed by atoms with E-state index in [0.29, 0.717) is 28.4 Å². The lowest BCUT2D eigenvalue weighted by Gasteiger charge is -2.22. The maximum absolute atomic E-state index is 13.4. The first-order valence-electron chi connectivity index (χ1n) is 12.4. The van der Waals surface area contributed by atoms with Crippen molar-refractivity contribution in [1.29, 1.82) is 0 Å². The molecule has 0 amide bonds. The lowest BCUT2D eigenvalue weighted by molar-refractivity contribution is -0.146. The molecule has 0 radical (unpaired) electrons. The highest BCUT2D eigenvalue weighted by Crippen LogP contribution is 2.27. The number of anilines is 2. The Bertz CT molecular complexity index is 1550. The number of pyridine rings is 1. The smallest absolute Gasteiger partial charge is 0.317 e. The number of methoxy groups -OCH3 is 1. The minimum absolute atomic E-state index is 0.155. The third-order valence-corrected chi connectivity index (χ3v) is 6.79. The van der Waals surface area contributed by atoms with E-state index >= 15 is 0 Å². The summed E-state index contributed by atoms with van der Waals surface area (Å²) in [5, 5.41) is 7.09. The monoisotopic (exact) mass is 501 g/mol. The third kappa shape index (κ3) is 4.37. The van der Waals surface area contributed by atoms with Gasteiger partial charge in [0.15, 0.2) is 5.65 Å². The molecule has 4 aromatic rings. The third-order valence-electron chi connectivity index (χ3n) is 6.79. The highest BCUT2D eigenvalue weighted by atomic mass is 16.5. The number of benzene rings is 1. The number of nitrogens with one attached hydrogen (secondary N) is 2. The molecule has 5 rings (SSSR count). The molecule has 1 aliphatic heterocycles. The lowest BCUT2D eigenvalue weighted by atomic mass is 9.89. The van der Waals surface area contributed by atoms with Gasteiger partial charge in [-0.15, -0.1) is 0 Å². The zero-order chi connectivity index (χ0) is 26.3. The highest BCUT2D eigenvalue weighted by molar-refractivity contribution is 5.82. The molecule has 1 aliphatic rings. The van der Waals surface area contributed by atoms with Crippen molar-refractivity contribution in [3.05, 3.63) is 69.9 Å². The van der Waals surface area contributed by atoms with Crippen LogP contribution in [0.2, 0.25) is 0 Å². The molecule has 0 aliphatic carbocycles. The van der Waals surface area contributed by atoms with Gasteiger partial charge in [0.2, 0.25) is 5.95 Å². The first-order valence-corrected chi connectivity index (χ1v) is 12.4. The van der Waals surface area contributed by atoms with Crippen molar-refractivity contribution < 1.29 is 9.53 Å². The molecule has 0 atom stereocenters. The predicted molar refractivity (Wildman–Crippen MR) is 141 cm³/mol. The quantitative estimate of drug-likeness (QED) is 0.386. The van der Waals surface area contributed by atoms with Crippen molar-refractivity contribution in [3.63, 3.8) is 0 Å². The van der Waals surface area contributed by atoms with Crippen LogP contribution >= 0.6 is 0 Å². The van der Waals surface area contributed by atoms with Crippen molar-refractivity contribution in [3.8, 4) is 5.69 Å². The number of esters is 1. The molecule has 0 saturated carbocycles. The fourth-order valence-corrected chi connectivity index (χ4v) is 4.71. The summed E-state index contributed by atoms with van der Waals surface area (Å²) in [4.78, 5) is 39.4. The van der Waals surface area contributed by atoms with Gasteiger partial charge in [0, 0.05) is 30.7 Å². The van der Waals surface area contributed by atoms with Gasteiger partial charge in [0.25, 0.3) is 5.56 Å². The number of hydrogen-bond donors (Lipinski definition) is 2. The molecule has 0 unspecified atom stereocenters. The molecular weight excluding hydrogens is 470 g/mol. The molecule has 2 N–H and O–H groups in total. The maximum atomic E-state index is 13.4. The van der Waals surface area contributed by atoms with Gasteiger partial charge < -0.3 is 15.4 Å². The SMILES string of the molecule is COC(=O)C(C)(C)c1cc(-n2c3nc(Nc4ccc5c(c4)CCNC5)ncc3c(=O)n2C(C)C)ccn1. The summed E-state index contributed by atoms with van der Waals surface area (Å²) in [6.45, 7) is 9.21. The van der Waals surface area contributed by atoms with Crippen LogP contribution in [0, 0.1) is 0 Å². The Morgan fingerprint density at radius 1 is 1.16 bits per heavy atom. The Kier molecular flexibility index (Phi) is 6.28. The van der Waals surface area contributed by atoms with Gasteiger partial charge in [0.1, 0.15) is 10.8 Å². The molecule has 0 bridgehead atoms. The van der Waals surface area contributed by atoms with E-state index in [9.17, 15) is 9.59 Å². The molecule has 10 heteroatoms. The molecule has 192 valence electrons. The van der Waals surface area contributed by atoms with Gasteiger partial charge in [-0.05, 0) is 76.1 Å². The maximum Gasteiger partial charge on any atom is 0.317 e. The van der Waals surface area contributed by atoms with Gasteiger partial charge in [-0.1, -0.05) is 6.07 Å². The van der Waals surface area contributed by atoms with E-state index in [4.69, 9.17) is 9.72 Å². The molecular formula is C27H31N7O3. The van der Waals surface area contributed by atoms with E-state index in [2.05, 4.69) is 32.7 Å². The van der Waals surface area contributed by atoms with Crippen LogP contribution in [0.3, 0.4) is 0 Å². The summed E-state index contributed by atoms with van der Waals surface area (Å²) < 4.78 is 8.39. The second kappa shape index (κ2) is 9.44. The Balaban J connectivity index is 1.62. The number of ether oxygens (including phenoxy) is 1. The fraction of sp³-hybridized carbons (Fsp3) is 0.370. The normalized spacial score (nSPS) is 13.6. The number of fused-ring (bicyclic) bond motifs is 2. The van der Waals surface area contributed by atoms with Gasteiger partial charge in [-0.3, -0.25) is 14.6 Å². The van der Waals surface area contributed by atoms with Crippen LogP contribution in [-0.2, 0) is 27.9 Å². The first-order chi connectivity index (χ1) is 17.7. The molecule has 1 aromatic carbocycles. The molecule has 4 heterocycles. The first kappa shape index (κ1) is 24.6. The van der Waals surface area contributed by atoms with Crippen LogP contribution in [0.15, 0.2) is 47.5 Å². The summed E-state index contributed by atoms with van der Waals surface area (Å²) in [6.07, 6.45) is 4.15. The minimum atomic E-state index is -0.972. The van der Waals surface area contributed by atoms with E-state index in [1.807, 2.05) is 19.9 Å². The molecule has 0 saturated heterocycles. The summed E-state index contributed by atoms with van der Waals surface area (Å²) in [5.74, 6) is -0.00869. The molecule has 0 fully saturated rings. The van der Waals surface area contributed by atoms with Crippen LogP contribution < -0.4 is 16.2 Å². The van der Waals surface area contributed by atoms with Crippen molar-refractivity contribution in [2.45, 2.75) is 52.1 Å². The van der Waals surface area contributed by atoms with Crippen LogP contribution in [0.1, 0.15) is 50.6 Å². The highest BCUT2D eigenvalue weighted by Gasteiger charge is 2.33. The Morgan fingerprint density at radius 3 is 2.73 bits per heavy atom. The number of hydrogen-bond acceptors (Lipinski definition) is 8. The average molecular weight is 502 g/mol. The summed E-state index contributed by atoms with van der Waals surface area (Å²) in [6, 6.07) is 9.67. The standard InChI is InChI=1S/C27H31N7O3/c1-16(2)33-24(35)21-15-30-26(31-19-7-6-18-14-28-10-8-17(18)12-19)32-23(21)34(33)20-9-11-29-22(13-20)27(3,4)25(36)37-5/h6-7,9,11-13,15-16,28H,8,10,14H2,1-5H3,(H,30,31,32). The lowest BCUT2D eigenvalue weighted by Crippen LogP contribution is -2.31. The topological polar surface area (TPSA) is 116 Å². The van der Waals surface area contributed by atoms with Crippen LogP contribution in [-0.4, -0.2) is 43.9 Å². The van der Waals surface area contributed by atoms with Crippen LogP contribution in [0.4, 0.5) is 11.6 Å². The number of nitrogens with zero attached hydrogens (tertiary/aromatic N) is 5. The summed E-state index contributed by atoms with van der Waals surface area (Å²) >= 11 is 0. The Labute approximate surface area is 214 Å². The molecule has 0 spiro atoms. The summed E-state index contributed by atoms with van der Waals surface area (Å²) in [5.41, 5.74) is 3.97. The predicted octanol–water partition coefficient (Wildman–Crippen LogP) is 3.40. The van der Waals surface area contributed by atoms with Gasteiger partial charge in [-0.2, -0.15) is 4.98 Å². The zero-order valence-corrected chi connectivity index (χ0v) is 21.7. The van der Waals surface area contributed by atoms with Crippen LogP contribution in [0.5, 0.6) is 0 Å². The zero-order valence-electron chi connectivity index (χ0n) is 21.7. The van der Waals surface area contributed by atoms with Crippen molar-refractivity contribution in [2.24, 2.45) is 0 Å². The van der Waals surface area contributed by atoms with Crippen molar-refractivity contribution in [1.82, 2.24) is 29.6 Å². The van der Waals surface area contributed by atoms with E-state index in [1.165, 1.54) is 18.2 Å². The van der Waals surface area contributed by atoms with Gasteiger partial charge in [-0.25, -0.2) is 14.3 Å². The van der Waals surface area contributed by atoms with Gasteiger partial charge >= 0.3 is 5.97 Å². The Hall–Kier alpha value is -4.05. The van der Waals surface area contributed by atoms with Crippen molar-refractivity contribution in [2.75, 3.05) is 19.0 Å². The number of aromatic nitrogens is 5. The minimum Gasteiger partial charge on any atom is -0.468 e. The van der Waals surface area contributed by atoms with Gasteiger partial charge in [0.05, 0.1) is 18.5 Å². The van der Waals surface area contributed by atoms with Crippen LogP contribution in [0.25, 0.3) is 16.7 Å². The second-order valence-electron chi connectivity index (χ2n) is 10.0. The fourth-order valence-electron chi connectivity index (χ4n) is 4.71. The number of rotatable bonds is 6. The summed E-state index contributed by atoms with van der Waals surface area (Å²) in [7, 11) is 1.36. The molecule has 3 aromatic heterocycles. The Morgan fingerprint density at radius 2 is 1.97 bits per heavy atom. The van der Waals surface area contributed by atoms with Crippen molar-refractivity contribution >= 4 is 28.6 Å².